The number of esters is 1. The maximum absolute atomic E-state index is 12.5. The lowest BCUT2D eigenvalue weighted by atomic mass is 9.99. The standard InChI is InChI=1S/C27H41N7O6/c1-18(23(35)11-10-21(38-2)9-6-12-28)26(36)39-17-24-25(30)34(27(37)40-24)14-4-3-13-33-16-22(31-32-33)19-7-5-8-20(29)15-19/h5,7-8,15-16,18,21,24-25H,3-4,6,9-14,17,28-30H2,1-2H3/t18?,21?,24?,25-/m0/s1. The van der Waals surface area contributed by atoms with E-state index in [2.05, 4.69) is 10.3 Å². The number of aryl methyl sites for hydroxylation is 1. The van der Waals surface area contributed by atoms with E-state index in [4.69, 9.17) is 31.4 Å². The summed E-state index contributed by atoms with van der Waals surface area (Å²) >= 11 is 0. The molecule has 1 amide bonds. The third-order valence-electron chi connectivity index (χ3n) is 6.99. The second kappa shape index (κ2) is 15.3. The van der Waals surface area contributed by atoms with Gasteiger partial charge in [0.2, 0.25) is 0 Å². The highest BCUT2D eigenvalue weighted by Gasteiger charge is 2.40. The third kappa shape index (κ3) is 8.73. The van der Waals surface area contributed by atoms with Crippen molar-refractivity contribution in [3.05, 3.63) is 30.5 Å². The number of methoxy groups -OCH3 is 1. The monoisotopic (exact) mass is 559 g/mol. The number of rotatable bonds is 17. The van der Waals surface area contributed by atoms with E-state index in [1.807, 2.05) is 30.5 Å². The second-order valence-corrected chi connectivity index (χ2v) is 9.95. The summed E-state index contributed by atoms with van der Waals surface area (Å²) in [5.41, 5.74) is 19.8. The topological polar surface area (TPSA) is 191 Å². The van der Waals surface area contributed by atoms with Gasteiger partial charge in [-0.3, -0.25) is 19.2 Å². The molecule has 2 aromatic rings. The van der Waals surface area contributed by atoms with Gasteiger partial charge in [-0.2, -0.15) is 0 Å². The number of cyclic esters (lactones) is 1. The van der Waals surface area contributed by atoms with Crippen molar-refractivity contribution in [2.45, 2.75) is 70.4 Å². The molecule has 0 radical (unpaired) electrons. The van der Waals surface area contributed by atoms with Gasteiger partial charge in [-0.1, -0.05) is 17.3 Å². The van der Waals surface area contributed by atoms with Crippen LogP contribution in [0.2, 0.25) is 0 Å². The van der Waals surface area contributed by atoms with Gasteiger partial charge in [-0.15, -0.1) is 5.10 Å². The third-order valence-corrected chi connectivity index (χ3v) is 6.99. The van der Waals surface area contributed by atoms with E-state index in [-0.39, 0.29) is 24.9 Å². The fourth-order valence-electron chi connectivity index (χ4n) is 4.42. The number of hydrogen-bond acceptors (Lipinski definition) is 11. The number of nitrogens with zero attached hydrogens (tertiary/aromatic N) is 4. The van der Waals surface area contributed by atoms with E-state index in [9.17, 15) is 14.4 Å². The summed E-state index contributed by atoms with van der Waals surface area (Å²) < 4.78 is 17.7. The summed E-state index contributed by atoms with van der Waals surface area (Å²) in [5.74, 6) is -1.84. The molecule has 4 atom stereocenters. The molecular weight excluding hydrogens is 518 g/mol. The fourth-order valence-corrected chi connectivity index (χ4v) is 4.42. The molecule has 6 N–H and O–H groups in total. The number of ether oxygens (including phenoxy) is 3. The van der Waals surface area contributed by atoms with Crippen molar-refractivity contribution >= 4 is 23.5 Å². The predicted octanol–water partition coefficient (Wildman–Crippen LogP) is 1.70. The number of Topliss-reactive ketones (excluding diaryl/α,β-unsaturated/α-hetero) is 1. The smallest absolute Gasteiger partial charge is 0.411 e. The van der Waals surface area contributed by atoms with Crippen molar-refractivity contribution in [1.82, 2.24) is 19.9 Å². The first-order valence-corrected chi connectivity index (χ1v) is 13.6. The number of nitrogen functional groups attached to an aromatic ring is 1. The van der Waals surface area contributed by atoms with Crippen LogP contribution in [0.25, 0.3) is 11.3 Å². The van der Waals surface area contributed by atoms with Crippen LogP contribution in [0.1, 0.15) is 45.4 Å². The van der Waals surface area contributed by atoms with Crippen LogP contribution in [0.3, 0.4) is 0 Å². The molecule has 1 aliphatic rings. The molecule has 1 saturated heterocycles. The molecule has 1 aliphatic heterocycles. The van der Waals surface area contributed by atoms with E-state index in [0.29, 0.717) is 38.2 Å². The van der Waals surface area contributed by atoms with Crippen molar-refractivity contribution in [3.8, 4) is 11.3 Å². The van der Waals surface area contributed by atoms with Crippen LogP contribution >= 0.6 is 0 Å². The van der Waals surface area contributed by atoms with Gasteiger partial charge < -0.3 is 31.4 Å². The molecule has 0 aliphatic carbocycles. The summed E-state index contributed by atoms with van der Waals surface area (Å²) in [4.78, 5) is 38.7. The van der Waals surface area contributed by atoms with Crippen molar-refractivity contribution < 1.29 is 28.6 Å². The molecule has 220 valence electrons. The zero-order valence-electron chi connectivity index (χ0n) is 23.2. The number of ketones is 1. The van der Waals surface area contributed by atoms with Crippen molar-refractivity contribution in [1.29, 1.82) is 0 Å². The molecular formula is C27H41N7O6. The SMILES string of the molecule is COC(CCCN)CCC(=O)C(C)C(=O)OCC1OC(=O)N(CCCCn2cc(-c3cccc(N)c3)nn2)[C@@H]1N. The summed E-state index contributed by atoms with van der Waals surface area (Å²) in [6.07, 6.45) is 3.26. The van der Waals surface area contributed by atoms with Gasteiger partial charge in [0.25, 0.3) is 0 Å². The Kier molecular flexibility index (Phi) is 11.8. The Morgan fingerprint density at radius 2 is 1.95 bits per heavy atom. The summed E-state index contributed by atoms with van der Waals surface area (Å²) in [6.45, 7) is 2.83. The van der Waals surface area contributed by atoms with E-state index in [1.54, 1.807) is 11.8 Å². The molecule has 3 unspecified atom stereocenters. The second-order valence-electron chi connectivity index (χ2n) is 9.95. The minimum atomic E-state index is -0.937. The van der Waals surface area contributed by atoms with Gasteiger partial charge in [0, 0.05) is 37.9 Å². The highest BCUT2D eigenvalue weighted by Crippen LogP contribution is 2.20. The summed E-state index contributed by atoms with van der Waals surface area (Å²) in [5, 5.41) is 8.34. The highest BCUT2D eigenvalue weighted by molar-refractivity contribution is 5.98. The number of aromatic nitrogens is 3. The van der Waals surface area contributed by atoms with E-state index < -0.39 is 30.3 Å². The van der Waals surface area contributed by atoms with E-state index >= 15 is 0 Å². The average Bonchev–Trinajstić information content (AvgIpc) is 3.53. The van der Waals surface area contributed by atoms with Crippen LogP contribution in [0.4, 0.5) is 10.5 Å². The number of amides is 1. The summed E-state index contributed by atoms with van der Waals surface area (Å²) in [6, 6.07) is 7.43. The maximum Gasteiger partial charge on any atom is 0.411 e. The van der Waals surface area contributed by atoms with Crippen LogP contribution < -0.4 is 17.2 Å². The molecule has 40 heavy (non-hydrogen) atoms. The molecule has 1 aromatic carbocycles. The lowest BCUT2D eigenvalue weighted by Crippen LogP contribution is -2.46. The number of hydrogen-bond donors (Lipinski definition) is 3. The van der Waals surface area contributed by atoms with Crippen molar-refractivity contribution in [3.63, 3.8) is 0 Å². The largest absolute Gasteiger partial charge is 0.461 e. The van der Waals surface area contributed by atoms with Crippen LogP contribution in [0.5, 0.6) is 0 Å². The Balaban J connectivity index is 1.37. The molecule has 3 rings (SSSR count). The molecule has 1 fully saturated rings. The molecule has 0 bridgehead atoms. The summed E-state index contributed by atoms with van der Waals surface area (Å²) in [7, 11) is 1.59. The van der Waals surface area contributed by atoms with Gasteiger partial charge >= 0.3 is 12.1 Å². The Labute approximate surface area is 234 Å². The minimum Gasteiger partial charge on any atom is -0.461 e. The Bertz CT molecular complexity index is 1130. The number of carbonyl (C=O) groups is 3. The fraction of sp³-hybridized carbons (Fsp3) is 0.593. The molecule has 1 aromatic heterocycles. The van der Waals surface area contributed by atoms with Gasteiger partial charge in [0.15, 0.2) is 6.10 Å². The first kappa shape index (κ1) is 31.0. The predicted molar refractivity (Wildman–Crippen MR) is 148 cm³/mol. The molecule has 2 heterocycles. The number of carbonyl (C=O) groups excluding carboxylic acids is 3. The van der Waals surface area contributed by atoms with Gasteiger partial charge in [0.1, 0.15) is 30.2 Å². The Morgan fingerprint density at radius 3 is 2.67 bits per heavy atom. The van der Waals surface area contributed by atoms with Crippen LogP contribution in [0.15, 0.2) is 30.5 Å². The number of benzene rings is 1. The Morgan fingerprint density at radius 1 is 1.18 bits per heavy atom. The van der Waals surface area contributed by atoms with Crippen LogP contribution in [-0.2, 0) is 30.3 Å². The lowest BCUT2D eigenvalue weighted by molar-refractivity contribution is -0.153. The average molecular weight is 560 g/mol. The van der Waals surface area contributed by atoms with Crippen LogP contribution in [-0.4, -0.2) is 82.9 Å². The lowest BCUT2D eigenvalue weighted by Gasteiger charge is -2.21. The van der Waals surface area contributed by atoms with Crippen molar-refractivity contribution in [2.75, 3.05) is 32.5 Å². The molecule has 0 saturated carbocycles. The zero-order chi connectivity index (χ0) is 29.1. The van der Waals surface area contributed by atoms with Gasteiger partial charge in [-0.25, -0.2) is 4.79 Å². The van der Waals surface area contributed by atoms with E-state index in [0.717, 1.165) is 30.5 Å². The quantitative estimate of drug-likeness (QED) is 0.111. The normalized spacial score (nSPS) is 18.4. The minimum absolute atomic E-state index is 0.0829. The first-order chi connectivity index (χ1) is 19.2. The molecule has 13 heteroatoms. The van der Waals surface area contributed by atoms with Crippen molar-refractivity contribution in [2.24, 2.45) is 17.4 Å². The molecule has 0 spiro atoms. The van der Waals surface area contributed by atoms with Crippen LogP contribution in [0, 0.1) is 5.92 Å². The first-order valence-electron chi connectivity index (χ1n) is 13.6. The van der Waals surface area contributed by atoms with E-state index in [1.165, 1.54) is 11.8 Å². The molecule has 13 nitrogen and oxygen atoms in total. The Hall–Kier alpha value is -3.55. The zero-order valence-corrected chi connectivity index (χ0v) is 23.2. The van der Waals surface area contributed by atoms with Gasteiger partial charge in [-0.05, 0) is 57.7 Å². The highest BCUT2D eigenvalue weighted by atomic mass is 16.6. The maximum atomic E-state index is 12.5. The number of unbranched alkanes of at least 4 members (excludes halogenated alkanes) is 1. The van der Waals surface area contributed by atoms with Gasteiger partial charge in [0.05, 0.1) is 12.3 Å². The number of nitrogens with two attached hydrogens (primary N) is 3. The number of anilines is 1.